The van der Waals surface area contributed by atoms with E-state index in [-0.39, 0.29) is 5.82 Å². The quantitative estimate of drug-likeness (QED) is 0.761. The van der Waals surface area contributed by atoms with E-state index in [4.69, 9.17) is 5.11 Å². The van der Waals surface area contributed by atoms with Gasteiger partial charge in [-0.1, -0.05) is 12.1 Å². The molecule has 13 heavy (non-hydrogen) atoms. The Morgan fingerprint density at radius 2 is 1.77 bits per heavy atom. The first kappa shape index (κ1) is 9.71. The van der Waals surface area contributed by atoms with Crippen molar-refractivity contribution in [2.45, 2.75) is 19.3 Å². The lowest BCUT2D eigenvalue weighted by atomic mass is 9.85. The molecular weight excluding hydrogens is 171 g/mol. The van der Waals surface area contributed by atoms with Gasteiger partial charge in [-0.15, -0.1) is 0 Å². The van der Waals surface area contributed by atoms with Crippen molar-refractivity contribution in [3.05, 3.63) is 35.6 Å². The molecule has 3 heteroatoms. The minimum Gasteiger partial charge on any atom is -0.481 e. The molecule has 0 aliphatic rings. The predicted molar refractivity (Wildman–Crippen MR) is 47.1 cm³/mol. The van der Waals surface area contributed by atoms with Crippen molar-refractivity contribution in [3.8, 4) is 0 Å². The van der Waals surface area contributed by atoms with E-state index in [1.165, 1.54) is 24.3 Å². The van der Waals surface area contributed by atoms with Crippen LogP contribution in [0.25, 0.3) is 0 Å². The number of hydrogen-bond acceptors (Lipinski definition) is 1. The van der Waals surface area contributed by atoms with Crippen LogP contribution < -0.4 is 0 Å². The van der Waals surface area contributed by atoms with Crippen molar-refractivity contribution in [3.63, 3.8) is 0 Å². The highest BCUT2D eigenvalue weighted by molar-refractivity contribution is 5.80. The molecule has 0 bridgehead atoms. The molecule has 0 heterocycles. The molecule has 1 aromatic rings. The first-order valence-corrected chi connectivity index (χ1v) is 3.94. The van der Waals surface area contributed by atoms with Crippen LogP contribution in [0.1, 0.15) is 19.4 Å². The summed E-state index contributed by atoms with van der Waals surface area (Å²) in [7, 11) is 0. The summed E-state index contributed by atoms with van der Waals surface area (Å²) in [6.45, 7) is 3.17. The highest BCUT2D eigenvalue weighted by atomic mass is 19.1. The lowest BCUT2D eigenvalue weighted by Gasteiger charge is -2.19. The summed E-state index contributed by atoms with van der Waals surface area (Å²) in [5.74, 6) is -1.27. The Bertz CT molecular complexity index is 314. The maximum atomic E-state index is 12.5. The molecule has 0 amide bonds. The number of hydrogen-bond donors (Lipinski definition) is 1. The van der Waals surface area contributed by atoms with Crippen LogP contribution in [0, 0.1) is 5.82 Å². The van der Waals surface area contributed by atoms with E-state index in [1.807, 2.05) is 0 Å². The average Bonchev–Trinajstić information content (AvgIpc) is 2.04. The number of aliphatic carboxylic acids is 1. The number of carboxylic acid groups (broad SMARTS) is 1. The van der Waals surface area contributed by atoms with E-state index >= 15 is 0 Å². The van der Waals surface area contributed by atoms with Crippen molar-refractivity contribution >= 4 is 5.97 Å². The summed E-state index contributed by atoms with van der Waals surface area (Å²) in [6.07, 6.45) is 0. The summed E-state index contributed by atoms with van der Waals surface area (Å²) < 4.78 is 12.5. The smallest absolute Gasteiger partial charge is 0.313 e. The zero-order valence-electron chi connectivity index (χ0n) is 7.54. The number of carboxylic acids is 1. The normalized spacial score (nSPS) is 11.3. The molecule has 0 atom stereocenters. The van der Waals surface area contributed by atoms with Gasteiger partial charge in [-0.25, -0.2) is 4.39 Å². The molecule has 0 radical (unpaired) electrons. The fraction of sp³-hybridized carbons (Fsp3) is 0.300. The van der Waals surface area contributed by atoms with Crippen LogP contribution in [-0.4, -0.2) is 11.1 Å². The van der Waals surface area contributed by atoms with Crippen molar-refractivity contribution in [1.29, 1.82) is 0 Å². The highest BCUT2D eigenvalue weighted by Crippen LogP contribution is 2.23. The summed E-state index contributed by atoms with van der Waals surface area (Å²) in [4.78, 5) is 10.8. The molecule has 0 saturated heterocycles. The Balaban J connectivity index is 3.08. The zero-order chi connectivity index (χ0) is 10.1. The molecule has 1 N–H and O–H groups in total. The Morgan fingerprint density at radius 1 is 1.31 bits per heavy atom. The van der Waals surface area contributed by atoms with E-state index in [9.17, 15) is 9.18 Å². The van der Waals surface area contributed by atoms with Crippen molar-refractivity contribution < 1.29 is 14.3 Å². The van der Waals surface area contributed by atoms with E-state index in [0.717, 1.165) is 0 Å². The van der Waals surface area contributed by atoms with Crippen LogP contribution in [0.5, 0.6) is 0 Å². The van der Waals surface area contributed by atoms with Gasteiger partial charge in [0.1, 0.15) is 5.82 Å². The monoisotopic (exact) mass is 182 g/mol. The summed E-state index contributed by atoms with van der Waals surface area (Å²) >= 11 is 0. The van der Waals surface area contributed by atoms with Gasteiger partial charge in [0.2, 0.25) is 0 Å². The van der Waals surface area contributed by atoms with Crippen LogP contribution in [-0.2, 0) is 10.2 Å². The van der Waals surface area contributed by atoms with Gasteiger partial charge in [-0.3, -0.25) is 4.79 Å². The SMILES string of the molecule is CC(C)(C(=O)O)c1ccc(F)cc1. The molecule has 0 aliphatic carbocycles. The van der Waals surface area contributed by atoms with E-state index in [1.54, 1.807) is 13.8 Å². The van der Waals surface area contributed by atoms with Crippen molar-refractivity contribution in [1.82, 2.24) is 0 Å². The number of benzene rings is 1. The fourth-order valence-electron chi connectivity index (χ4n) is 0.990. The second-order valence-corrected chi connectivity index (χ2v) is 3.44. The van der Waals surface area contributed by atoms with Gasteiger partial charge in [0, 0.05) is 0 Å². The standard InChI is InChI=1S/C10H11FO2/c1-10(2,9(12)13)7-3-5-8(11)6-4-7/h3-6H,1-2H3,(H,12,13). The minimum atomic E-state index is -0.965. The van der Waals surface area contributed by atoms with Gasteiger partial charge in [-0.05, 0) is 31.5 Å². The van der Waals surface area contributed by atoms with E-state index in [0.29, 0.717) is 5.56 Å². The Labute approximate surface area is 76.0 Å². The Kier molecular flexibility index (Phi) is 2.36. The predicted octanol–water partition coefficient (Wildman–Crippen LogP) is 2.19. The van der Waals surface area contributed by atoms with Crippen LogP contribution in [0.3, 0.4) is 0 Å². The maximum absolute atomic E-state index is 12.5. The van der Waals surface area contributed by atoms with Crippen LogP contribution in [0.2, 0.25) is 0 Å². The summed E-state index contributed by atoms with van der Waals surface area (Å²) in [5.41, 5.74) is -0.366. The fourth-order valence-corrected chi connectivity index (χ4v) is 0.990. The molecule has 0 unspecified atom stereocenters. The lowest BCUT2D eigenvalue weighted by molar-refractivity contribution is -0.142. The molecule has 0 fully saturated rings. The second-order valence-electron chi connectivity index (χ2n) is 3.44. The van der Waals surface area contributed by atoms with Crippen molar-refractivity contribution in [2.75, 3.05) is 0 Å². The lowest BCUT2D eigenvalue weighted by Crippen LogP contribution is -2.28. The van der Waals surface area contributed by atoms with E-state index < -0.39 is 11.4 Å². The van der Waals surface area contributed by atoms with Gasteiger partial charge in [0.25, 0.3) is 0 Å². The minimum absolute atomic E-state index is 0.357. The molecule has 70 valence electrons. The zero-order valence-corrected chi connectivity index (χ0v) is 7.54. The summed E-state index contributed by atoms with van der Waals surface area (Å²) in [5, 5.41) is 8.87. The average molecular weight is 182 g/mol. The molecule has 0 aliphatic heterocycles. The van der Waals surface area contributed by atoms with Crippen LogP contribution in [0.15, 0.2) is 24.3 Å². The first-order chi connectivity index (χ1) is 5.94. The van der Waals surface area contributed by atoms with Gasteiger partial charge in [0.05, 0.1) is 5.41 Å². The molecular formula is C10H11FO2. The summed E-state index contributed by atoms with van der Waals surface area (Å²) in [6, 6.07) is 5.51. The molecule has 0 saturated carbocycles. The molecule has 0 aromatic heterocycles. The van der Waals surface area contributed by atoms with Gasteiger partial charge in [0.15, 0.2) is 0 Å². The Hall–Kier alpha value is -1.38. The third-order valence-corrected chi connectivity index (χ3v) is 2.10. The Morgan fingerprint density at radius 3 is 2.15 bits per heavy atom. The van der Waals surface area contributed by atoms with Crippen LogP contribution >= 0.6 is 0 Å². The van der Waals surface area contributed by atoms with Gasteiger partial charge < -0.3 is 5.11 Å². The molecule has 1 aromatic carbocycles. The number of rotatable bonds is 2. The highest BCUT2D eigenvalue weighted by Gasteiger charge is 2.28. The molecule has 1 rings (SSSR count). The largest absolute Gasteiger partial charge is 0.481 e. The molecule has 2 nitrogen and oxygen atoms in total. The maximum Gasteiger partial charge on any atom is 0.313 e. The number of carbonyl (C=O) groups is 1. The van der Waals surface area contributed by atoms with Crippen molar-refractivity contribution in [2.24, 2.45) is 0 Å². The third kappa shape index (κ3) is 1.86. The van der Waals surface area contributed by atoms with E-state index in [2.05, 4.69) is 0 Å². The van der Waals surface area contributed by atoms with Gasteiger partial charge >= 0.3 is 5.97 Å². The molecule has 0 spiro atoms. The second kappa shape index (κ2) is 3.17. The number of halogens is 1. The topological polar surface area (TPSA) is 37.3 Å². The van der Waals surface area contributed by atoms with Crippen LogP contribution in [0.4, 0.5) is 4.39 Å². The third-order valence-electron chi connectivity index (χ3n) is 2.10. The first-order valence-electron chi connectivity index (χ1n) is 3.94. The van der Waals surface area contributed by atoms with Gasteiger partial charge in [-0.2, -0.15) is 0 Å².